The number of hydrogen-bond acceptors (Lipinski definition) is 4. The Morgan fingerprint density at radius 3 is 2.56 bits per heavy atom. The first kappa shape index (κ1) is 23.2. The van der Waals surface area contributed by atoms with E-state index in [1.807, 2.05) is 30.3 Å². The van der Waals surface area contributed by atoms with Crippen LogP contribution in [0.3, 0.4) is 0 Å². The van der Waals surface area contributed by atoms with Gasteiger partial charge in [0.1, 0.15) is 23.7 Å². The molecule has 2 aromatic rings. The minimum Gasteiger partial charge on any atom is -0.489 e. The summed E-state index contributed by atoms with van der Waals surface area (Å²) in [5.74, 6) is 0.800. The molecule has 3 heterocycles. The highest BCUT2D eigenvalue weighted by molar-refractivity contribution is 6.01. The molecule has 0 spiro atoms. The topological polar surface area (TPSA) is 61.9 Å². The molecule has 2 saturated heterocycles. The first-order chi connectivity index (χ1) is 17.5. The van der Waals surface area contributed by atoms with Crippen LogP contribution in [0.1, 0.15) is 65.9 Å². The first-order valence-corrected chi connectivity index (χ1v) is 13.0. The van der Waals surface area contributed by atoms with Crippen LogP contribution in [0, 0.1) is 5.82 Å². The van der Waals surface area contributed by atoms with Crippen LogP contribution in [0.15, 0.2) is 54.7 Å². The van der Waals surface area contributed by atoms with Gasteiger partial charge in [-0.25, -0.2) is 4.39 Å². The van der Waals surface area contributed by atoms with Gasteiger partial charge >= 0.3 is 0 Å². The van der Waals surface area contributed by atoms with Gasteiger partial charge in [0.15, 0.2) is 0 Å². The number of carbonyl (C=O) groups excluding carboxylic acids is 2. The van der Waals surface area contributed by atoms with E-state index in [0.717, 1.165) is 43.7 Å². The summed E-state index contributed by atoms with van der Waals surface area (Å²) in [6.45, 7) is 6.20. The minimum absolute atomic E-state index is 0.0906. The van der Waals surface area contributed by atoms with Crippen molar-refractivity contribution in [3.8, 4) is 5.75 Å². The molecule has 36 heavy (non-hydrogen) atoms. The number of piperidine rings is 1. The number of nitrogens with zero attached hydrogens (tertiary/aromatic N) is 2. The van der Waals surface area contributed by atoms with Crippen LogP contribution < -0.4 is 10.1 Å². The molecule has 0 aromatic heterocycles. The van der Waals surface area contributed by atoms with Gasteiger partial charge in [-0.3, -0.25) is 14.5 Å². The number of ether oxygens (including phenoxy) is 1. The molecule has 0 radical (unpaired) electrons. The zero-order valence-electron chi connectivity index (χ0n) is 20.4. The van der Waals surface area contributed by atoms with E-state index in [2.05, 4.69) is 16.8 Å². The van der Waals surface area contributed by atoms with Crippen LogP contribution >= 0.6 is 0 Å². The second kappa shape index (κ2) is 9.36. The van der Waals surface area contributed by atoms with E-state index in [0.29, 0.717) is 42.6 Å². The van der Waals surface area contributed by atoms with E-state index in [9.17, 15) is 14.0 Å². The average Bonchev–Trinajstić information content (AvgIpc) is 3.16. The van der Waals surface area contributed by atoms with Crippen LogP contribution in [0.25, 0.3) is 0 Å². The molecule has 3 aliphatic heterocycles. The molecule has 1 aliphatic carbocycles. The Morgan fingerprint density at radius 2 is 1.78 bits per heavy atom. The second-order valence-electron chi connectivity index (χ2n) is 10.6. The maximum absolute atomic E-state index is 13.3. The first-order valence-electron chi connectivity index (χ1n) is 13.0. The zero-order valence-corrected chi connectivity index (χ0v) is 20.4. The lowest BCUT2D eigenvalue weighted by molar-refractivity contribution is -0.126. The van der Waals surface area contributed by atoms with Crippen molar-refractivity contribution < 1.29 is 18.7 Å². The molecule has 7 heteroatoms. The van der Waals surface area contributed by atoms with Gasteiger partial charge in [0.05, 0.1) is 0 Å². The predicted molar refractivity (Wildman–Crippen MR) is 134 cm³/mol. The molecule has 188 valence electrons. The molecule has 2 aromatic carbocycles. The molecule has 6 rings (SSSR count). The minimum atomic E-state index is -0.456. The number of allylic oxidation sites excluding steroid dienone is 1. The Kier molecular flexibility index (Phi) is 6.04. The number of likely N-dealkylation sites (tertiary alicyclic amines) is 1. The largest absolute Gasteiger partial charge is 0.489 e. The fourth-order valence-corrected chi connectivity index (χ4v) is 6.24. The normalized spacial score (nSPS) is 27.0. The van der Waals surface area contributed by atoms with Gasteiger partial charge in [0.25, 0.3) is 5.91 Å². The Labute approximate surface area is 211 Å². The standard InChI is InChI=1S/C29H32FN3O3/c1-18-6-13-26(28(34)31-18)33-17-20-14-23(11-12-24(20)29(33)35)36-27-5-3-2-4-25(27)32-15-21(16-32)19-7-9-22(30)10-8-19/h7-12,14,21,25-27H,1-6,13,15-17H2,(H,31,34)/t25-,26?,27-/m0/s1. The highest BCUT2D eigenvalue weighted by Gasteiger charge is 2.40. The fraction of sp³-hybridized carbons (Fsp3) is 0.448. The SMILES string of the molecule is C=C1CCC(N2Cc3cc(O[C@H]4CCCC[C@@H]4N4CC(c5ccc(F)cc5)C4)ccc3C2=O)C(=O)N1. The van der Waals surface area contributed by atoms with Gasteiger partial charge in [-0.05, 0) is 73.6 Å². The monoisotopic (exact) mass is 489 g/mol. The van der Waals surface area contributed by atoms with Crippen molar-refractivity contribution in [3.63, 3.8) is 0 Å². The quantitative estimate of drug-likeness (QED) is 0.678. The molecule has 1 N–H and O–H groups in total. The molecule has 6 nitrogen and oxygen atoms in total. The van der Waals surface area contributed by atoms with E-state index in [4.69, 9.17) is 4.74 Å². The number of fused-ring (bicyclic) bond motifs is 1. The highest BCUT2D eigenvalue weighted by Crippen LogP contribution is 2.36. The Bertz CT molecular complexity index is 1190. The van der Waals surface area contributed by atoms with Gasteiger partial charge in [-0.1, -0.05) is 25.1 Å². The van der Waals surface area contributed by atoms with Gasteiger partial charge < -0.3 is 15.0 Å². The van der Waals surface area contributed by atoms with Crippen LogP contribution in [0.4, 0.5) is 4.39 Å². The van der Waals surface area contributed by atoms with Crippen molar-refractivity contribution in [1.29, 1.82) is 0 Å². The van der Waals surface area contributed by atoms with Crippen LogP contribution in [-0.4, -0.2) is 52.9 Å². The van der Waals surface area contributed by atoms with E-state index < -0.39 is 6.04 Å². The van der Waals surface area contributed by atoms with Gasteiger partial charge in [0, 0.05) is 42.9 Å². The molecule has 3 atom stereocenters. The van der Waals surface area contributed by atoms with Gasteiger partial charge in [0.2, 0.25) is 5.91 Å². The fourth-order valence-electron chi connectivity index (χ4n) is 6.24. The van der Waals surface area contributed by atoms with Gasteiger partial charge in [-0.2, -0.15) is 0 Å². The summed E-state index contributed by atoms with van der Waals surface area (Å²) in [5.41, 5.74) is 3.49. The third kappa shape index (κ3) is 4.30. The van der Waals surface area contributed by atoms with E-state index in [1.54, 1.807) is 17.0 Å². The van der Waals surface area contributed by atoms with Gasteiger partial charge in [-0.15, -0.1) is 0 Å². The lowest BCUT2D eigenvalue weighted by Gasteiger charge is -2.48. The van der Waals surface area contributed by atoms with Crippen molar-refractivity contribution >= 4 is 11.8 Å². The third-order valence-electron chi connectivity index (χ3n) is 8.28. The predicted octanol–water partition coefficient (Wildman–Crippen LogP) is 4.36. The van der Waals surface area contributed by atoms with Crippen molar-refractivity contribution in [2.24, 2.45) is 0 Å². The van der Waals surface area contributed by atoms with E-state index in [1.165, 1.54) is 12.0 Å². The second-order valence-corrected chi connectivity index (χ2v) is 10.6. The third-order valence-corrected chi connectivity index (χ3v) is 8.28. The Balaban J connectivity index is 1.11. The summed E-state index contributed by atoms with van der Waals surface area (Å²) >= 11 is 0. The van der Waals surface area contributed by atoms with Crippen LogP contribution in [0.5, 0.6) is 5.75 Å². The number of nitrogens with one attached hydrogen (secondary N) is 1. The summed E-state index contributed by atoms with van der Waals surface area (Å²) in [5, 5.41) is 2.79. The van der Waals surface area contributed by atoms with Crippen molar-refractivity contribution in [3.05, 3.63) is 77.2 Å². The van der Waals surface area contributed by atoms with E-state index >= 15 is 0 Å². The number of amides is 2. The molecule has 1 saturated carbocycles. The van der Waals surface area contributed by atoms with Crippen molar-refractivity contribution in [1.82, 2.24) is 15.1 Å². The number of hydrogen-bond donors (Lipinski definition) is 1. The molecular formula is C29H32FN3O3. The van der Waals surface area contributed by atoms with E-state index in [-0.39, 0.29) is 23.7 Å². The average molecular weight is 490 g/mol. The summed E-state index contributed by atoms with van der Waals surface area (Å²) in [6.07, 6.45) is 5.87. The molecule has 0 bridgehead atoms. The molecular weight excluding hydrogens is 457 g/mol. The number of carbonyl (C=O) groups is 2. The lowest BCUT2D eigenvalue weighted by Crippen LogP contribution is -2.57. The molecule has 2 amide bonds. The summed E-state index contributed by atoms with van der Waals surface area (Å²) < 4.78 is 19.8. The van der Waals surface area contributed by atoms with Crippen LogP contribution in [0.2, 0.25) is 0 Å². The Hall–Kier alpha value is -3.19. The number of benzene rings is 2. The summed E-state index contributed by atoms with van der Waals surface area (Å²) in [4.78, 5) is 29.7. The highest BCUT2D eigenvalue weighted by atomic mass is 19.1. The van der Waals surface area contributed by atoms with Crippen LogP contribution in [-0.2, 0) is 11.3 Å². The Morgan fingerprint density at radius 1 is 1.00 bits per heavy atom. The molecule has 3 fully saturated rings. The molecule has 4 aliphatic rings. The maximum atomic E-state index is 13.3. The maximum Gasteiger partial charge on any atom is 0.255 e. The lowest BCUT2D eigenvalue weighted by atomic mass is 9.84. The number of rotatable bonds is 5. The number of halogens is 1. The van der Waals surface area contributed by atoms with Crippen molar-refractivity contribution in [2.75, 3.05) is 13.1 Å². The zero-order chi connectivity index (χ0) is 24.8. The van der Waals surface area contributed by atoms with Crippen molar-refractivity contribution in [2.45, 2.75) is 69.2 Å². The smallest absolute Gasteiger partial charge is 0.255 e. The summed E-state index contributed by atoms with van der Waals surface area (Å²) in [7, 11) is 0. The molecule has 1 unspecified atom stereocenters. The summed E-state index contributed by atoms with van der Waals surface area (Å²) in [6, 6.07) is 12.5.